The van der Waals surface area contributed by atoms with E-state index in [4.69, 9.17) is 27.9 Å². The van der Waals surface area contributed by atoms with Crippen molar-refractivity contribution in [2.24, 2.45) is 0 Å². The van der Waals surface area contributed by atoms with Gasteiger partial charge >= 0.3 is 0 Å². The second-order valence-corrected chi connectivity index (χ2v) is 8.03. The van der Waals surface area contributed by atoms with Gasteiger partial charge in [0, 0.05) is 34.5 Å². The number of thioether (sulfide) groups is 1. The molecule has 2 aliphatic heterocycles. The summed E-state index contributed by atoms with van der Waals surface area (Å²) in [6, 6.07) is 6.46. The van der Waals surface area contributed by atoms with Crippen molar-refractivity contribution in [3.8, 4) is 0 Å². The highest BCUT2D eigenvalue weighted by Crippen LogP contribution is 2.39. The molecular formula is C16H21Cl2NOS. The Balaban J connectivity index is 1.65. The summed E-state index contributed by atoms with van der Waals surface area (Å²) < 4.78 is 6.08. The molecule has 116 valence electrons. The zero-order valence-corrected chi connectivity index (χ0v) is 14.5. The van der Waals surface area contributed by atoms with Crippen molar-refractivity contribution < 1.29 is 4.74 Å². The Hall–Kier alpha value is 0.0700. The standard InChI is InChI=1S/C16H21Cl2NOS/c1-11(14-3-2-12(17)8-15(14)18)19-13-4-6-20-16(9-13)5-7-21-10-16/h2-3,8,11,13,19H,4-7,9-10H2,1H3. The molecule has 1 N–H and O–H groups in total. The number of hydrogen-bond acceptors (Lipinski definition) is 3. The second kappa shape index (κ2) is 6.67. The van der Waals surface area contributed by atoms with E-state index in [0.29, 0.717) is 11.1 Å². The van der Waals surface area contributed by atoms with Gasteiger partial charge in [-0.1, -0.05) is 29.3 Å². The van der Waals surface area contributed by atoms with Gasteiger partial charge in [0.25, 0.3) is 0 Å². The first-order valence-electron chi connectivity index (χ1n) is 7.51. The third-order valence-electron chi connectivity index (χ3n) is 4.47. The van der Waals surface area contributed by atoms with Gasteiger partial charge in [0.15, 0.2) is 0 Å². The zero-order chi connectivity index (χ0) is 14.9. The number of rotatable bonds is 3. The van der Waals surface area contributed by atoms with Crippen molar-refractivity contribution in [1.82, 2.24) is 5.32 Å². The monoisotopic (exact) mass is 345 g/mol. The van der Waals surface area contributed by atoms with E-state index in [1.165, 1.54) is 12.2 Å². The van der Waals surface area contributed by atoms with Crippen LogP contribution in [-0.4, -0.2) is 29.8 Å². The summed E-state index contributed by atoms with van der Waals surface area (Å²) in [5.74, 6) is 2.37. The minimum Gasteiger partial charge on any atom is -0.374 e. The van der Waals surface area contributed by atoms with Gasteiger partial charge in [0.1, 0.15) is 0 Å². The maximum absolute atomic E-state index is 6.31. The van der Waals surface area contributed by atoms with Gasteiger partial charge in [-0.05, 0) is 49.6 Å². The van der Waals surface area contributed by atoms with Gasteiger partial charge in [0.2, 0.25) is 0 Å². The maximum atomic E-state index is 6.31. The minimum atomic E-state index is 0.115. The van der Waals surface area contributed by atoms with Crippen LogP contribution in [0, 0.1) is 0 Å². The molecule has 3 atom stereocenters. The molecule has 0 aliphatic carbocycles. The maximum Gasteiger partial charge on any atom is 0.0795 e. The third kappa shape index (κ3) is 3.70. The lowest BCUT2D eigenvalue weighted by Gasteiger charge is -2.39. The smallest absolute Gasteiger partial charge is 0.0795 e. The predicted octanol–water partition coefficient (Wildman–Crippen LogP) is 4.70. The van der Waals surface area contributed by atoms with E-state index >= 15 is 0 Å². The van der Waals surface area contributed by atoms with Crippen LogP contribution in [0.3, 0.4) is 0 Å². The number of ether oxygens (including phenoxy) is 1. The lowest BCUT2D eigenvalue weighted by molar-refractivity contribution is -0.0711. The Kier molecular flexibility index (Phi) is 5.07. The van der Waals surface area contributed by atoms with Crippen LogP contribution < -0.4 is 5.32 Å². The number of halogens is 2. The van der Waals surface area contributed by atoms with E-state index < -0.39 is 0 Å². The topological polar surface area (TPSA) is 21.3 Å². The second-order valence-electron chi connectivity index (χ2n) is 6.08. The fourth-order valence-electron chi connectivity index (χ4n) is 3.33. The SMILES string of the molecule is CC(NC1CCOC2(CCSC2)C1)c1ccc(Cl)cc1Cl. The van der Waals surface area contributed by atoms with Crippen LogP contribution >= 0.6 is 35.0 Å². The van der Waals surface area contributed by atoms with Crippen molar-refractivity contribution in [3.63, 3.8) is 0 Å². The molecule has 0 aromatic heterocycles. The van der Waals surface area contributed by atoms with Gasteiger partial charge in [-0.15, -0.1) is 0 Å². The molecule has 0 radical (unpaired) electrons. The highest BCUT2D eigenvalue weighted by atomic mass is 35.5. The summed E-state index contributed by atoms with van der Waals surface area (Å²) in [7, 11) is 0. The molecule has 2 heterocycles. The molecule has 21 heavy (non-hydrogen) atoms. The molecule has 3 unspecified atom stereocenters. The Labute approximate surface area is 140 Å². The third-order valence-corrected chi connectivity index (χ3v) is 6.26. The molecular weight excluding hydrogens is 325 g/mol. The molecule has 5 heteroatoms. The van der Waals surface area contributed by atoms with Crippen molar-refractivity contribution in [2.45, 2.75) is 43.9 Å². The molecule has 1 aromatic rings. The van der Waals surface area contributed by atoms with E-state index in [1.54, 1.807) is 0 Å². The minimum absolute atomic E-state index is 0.115. The molecule has 3 rings (SSSR count). The van der Waals surface area contributed by atoms with E-state index in [9.17, 15) is 0 Å². The van der Waals surface area contributed by atoms with Crippen molar-refractivity contribution >= 4 is 35.0 Å². The van der Waals surface area contributed by atoms with Crippen molar-refractivity contribution in [2.75, 3.05) is 18.1 Å². The van der Waals surface area contributed by atoms with E-state index in [0.717, 1.165) is 35.8 Å². The fraction of sp³-hybridized carbons (Fsp3) is 0.625. The molecule has 0 amide bonds. The van der Waals surface area contributed by atoms with E-state index in [-0.39, 0.29) is 11.6 Å². The molecule has 2 aliphatic rings. The molecule has 2 fully saturated rings. The Morgan fingerprint density at radius 2 is 2.29 bits per heavy atom. The average molecular weight is 346 g/mol. The van der Waals surface area contributed by atoms with Gasteiger partial charge in [-0.3, -0.25) is 0 Å². The van der Waals surface area contributed by atoms with Crippen LogP contribution in [0.4, 0.5) is 0 Å². The van der Waals surface area contributed by atoms with Crippen LogP contribution in [0.15, 0.2) is 18.2 Å². The molecule has 1 spiro atoms. The van der Waals surface area contributed by atoms with Crippen LogP contribution in [0.1, 0.15) is 37.8 Å². The van der Waals surface area contributed by atoms with Crippen LogP contribution in [0.5, 0.6) is 0 Å². The summed E-state index contributed by atoms with van der Waals surface area (Å²) in [6.45, 7) is 3.03. The van der Waals surface area contributed by atoms with Gasteiger partial charge in [-0.2, -0.15) is 11.8 Å². The largest absolute Gasteiger partial charge is 0.374 e. The van der Waals surface area contributed by atoms with Crippen LogP contribution in [0.25, 0.3) is 0 Å². The molecule has 2 saturated heterocycles. The first kappa shape index (κ1) is 15.9. The first-order valence-corrected chi connectivity index (χ1v) is 9.42. The van der Waals surface area contributed by atoms with Gasteiger partial charge < -0.3 is 10.1 Å². The van der Waals surface area contributed by atoms with Crippen LogP contribution in [0.2, 0.25) is 10.0 Å². The van der Waals surface area contributed by atoms with Crippen LogP contribution in [-0.2, 0) is 4.74 Å². The van der Waals surface area contributed by atoms with Gasteiger partial charge in [0.05, 0.1) is 5.60 Å². The quantitative estimate of drug-likeness (QED) is 0.857. The molecule has 0 bridgehead atoms. The average Bonchev–Trinajstić information content (AvgIpc) is 2.86. The summed E-state index contributed by atoms with van der Waals surface area (Å²) >= 11 is 14.3. The lowest BCUT2D eigenvalue weighted by atomic mass is 9.89. The highest BCUT2D eigenvalue weighted by molar-refractivity contribution is 7.99. The van der Waals surface area contributed by atoms with Crippen molar-refractivity contribution in [3.05, 3.63) is 33.8 Å². The lowest BCUT2D eigenvalue weighted by Crippen LogP contribution is -2.47. The molecule has 2 nitrogen and oxygen atoms in total. The summed E-state index contributed by atoms with van der Waals surface area (Å²) in [5.41, 5.74) is 1.23. The fourth-order valence-corrected chi connectivity index (χ4v) is 5.28. The molecule has 0 saturated carbocycles. The van der Waals surface area contributed by atoms with E-state index in [1.807, 2.05) is 30.0 Å². The number of hydrogen-bond donors (Lipinski definition) is 1. The van der Waals surface area contributed by atoms with Gasteiger partial charge in [-0.25, -0.2) is 0 Å². The number of nitrogens with one attached hydrogen (secondary N) is 1. The Morgan fingerprint density at radius 3 is 3.00 bits per heavy atom. The zero-order valence-electron chi connectivity index (χ0n) is 12.2. The van der Waals surface area contributed by atoms with E-state index in [2.05, 4.69) is 12.2 Å². The summed E-state index contributed by atoms with van der Waals surface area (Å²) in [5, 5.41) is 5.15. The highest BCUT2D eigenvalue weighted by Gasteiger charge is 2.40. The molecule has 1 aromatic carbocycles. The Morgan fingerprint density at radius 1 is 1.43 bits per heavy atom. The summed E-state index contributed by atoms with van der Waals surface area (Å²) in [6.07, 6.45) is 3.36. The summed E-state index contributed by atoms with van der Waals surface area (Å²) in [4.78, 5) is 0. The Bertz CT molecular complexity index is 505. The van der Waals surface area contributed by atoms with Crippen molar-refractivity contribution in [1.29, 1.82) is 0 Å². The first-order chi connectivity index (χ1) is 10.1. The normalized spacial score (nSPS) is 30.7. The predicted molar refractivity (Wildman–Crippen MR) is 91.7 cm³/mol. The number of benzene rings is 1.